The third-order valence-electron chi connectivity index (χ3n) is 5.58. The smallest absolute Gasteiger partial charge is 0.243 e. The number of benzene rings is 3. The number of anilines is 1. The zero-order chi connectivity index (χ0) is 23.9. The average Bonchev–Trinajstić information content (AvgIpc) is 2.85. The Kier molecular flexibility index (Phi) is 7.13. The van der Waals surface area contributed by atoms with Crippen LogP contribution in [0.15, 0.2) is 85.1 Å². The first-order valence-electron chi connectivity index (χ1n) is 11.0. The molecule has 1 atom stereocenters. The number of hydrogen-bond acceptors (Lipinski definition) is 4. The molecule has 0 saturated heterocycles. The van der Waals surface area contributed by atoms with Gasteiger partial charge in [0.25, 0.3) is 0 Å². The Balaban J connectivity index is 1.53. The maximum Gasteiger partial charge on any atom is 0.243 e. The minimum Gasteiger partial charge on any atom is -0.384 e. The summed E-state index contributed by atoms with van der Waals surface area (Å²) in [5.41, 5.74) is 7.60. The summed E-state index contributed by atoms with van der Waals surface area (Å²) in [4.78, 5) is 29.9. The molecule has 0 fully saturated rings. The van der Waals surface area contributed by atoms with Crippen molar-refractivity contribution in [3.8, 4) is 0 Å². The molecule has 0 radical (unpaired) electrons. The third-order valence-corrected chi connectivity index (χ3v) is 5.58. The van der Waals surface area contributed by atoms with E-state index in [1.54, 1.807) is 36.5 Å². The van der Waals surface area contributed by atoms with E-state index in [-0.39, 0.29) is 30.9 Å². The number of nitrogens with one attached hydrogen (secondary N) is 2. The van der Waals surface area contributed by atoms with E-state index in [1.165, 1.54) is 6.07 Å². The van der Waals surface area contributed by atoms with E-state index in [2.05, 4.69) is 15.6 Å². The number of amides is 2. The van der Waals surface area contributed by atoms with E-state index in [9.17, 15) is 14.0 Å². The van der Waals surface area contributed by atoms with Crippen LogP contribution in [0.2, 0.25) is 0 Å². The lowest BCUT2D eigenvalue weighted by Crippen LogP contribution is -2.48. The molecule has 4 N–H and O–H groups in total. The topological polar surface area (TPSA) is 97.1 Å². The number of nitrogens with zero attached hydrogens (tertiary/aromatic N) is 1. The van der Waals surface area contributed by atoms with Gasteiger partial charge in [-0.2, -0.15) is 0 Å². The van der Waals surface area contributed by atoms with Crippen LogP contribution in [0.5, 0.6) is 0 Å². The quantitative estimate of drug-likeness (QED) is 0.378. The molecule has 172 valence electrons. The zero-order valence-electron chi connectivity index (χ0n) is 18.5. The van der Waals surface area contributed by atoms with Gasteiger partial charge in [0.05, 0.1) is 6.42 Å². The number of halogens is 1. The standard InChI is InChI=1S/C27H25FN4O2/c28-23-11-4-2-7-21(23)15-26(33)32-24(27(34)31-17-18-12-13-25(29)30-16-18)14-20-9-5-8-19-6-1-3-10-22(19)20/h1-13,16,24H,14-15,17H2,(H2,29,30)(H,31,34)(H,32,33). The number of carbonyl (C=O) groups excluding carboxylic acids is 2. The summed E-state index contributed by atoms with van der Waals surface area (Å²) < 4.78 is 14.0. The van der Waals surface area contributed by atoms with Gasteiger partial charge in [0.1, 0.15) is 17.7 Å². The van der Waals surface area contributed by atoms with E-state index < -0.39 is 17.8 Å². The second kappa shape index (κ2) is 10.6. The van der Waals surface area contributed by atoms with Crippen molar-refractivity contribution in [2.24, 2.45) is 0 Å². The van der Waals surface area contributed by atoms with Crippen molar-refractivity contribution in [1.82, 2.24) is 15.6 Å². The predicted molar refractivity (Wildman–Crippen MR) is 130 cm³/mol. The van der Waals surface area contributed by atoms with Gasteiger partial charge < -0.3 is 16.4 Å². The molecular formula is C27H25FN4O2. The highest BCUT2D eigenvalue weighted by Crippen LogP contribution is 2.20. The van der Waals surface area contributed by atoms with Crippen molar-refractivity contribution in [1.29, 1.82) is 0 Å². The molecule has 34 heavy (non-hydrogen) atoms. The van der Waals surface area contributed by atoms with Crippen LogP contribution < -0.4 is 16.4 Å². The van der Waals surface area contributed by atoms with Gasteiger partial charge in [0, 0.05) is 19.2 Å². The van der Waals surface area contributed by atoms with Crippen molar-refractivity contribution in [3.05, 3.63) is 108 Å². The van der Waals surface area contributed by atoms with Crippen molar-refractivity contribution in [3.63, 3.8) is 0 Å². The molecule has 4 rings (SSSR count). The third kappa shape index (κ3) is 5.75. The molecule has 0 aliphatic rings. The zero-order valence-corrected chi connectivity index (χ0v) is 18.5. The molecule has 0 aliphatic heterocycles. The van der Waals surface area contributed by atoms with Gasteiger partial charge in [-0.25, -0.2) is 9.37 Å². The number of rotatable bonds is 8. The number of aromatic nitrogens is 1. The first kappa shape index (κ1) is 22.9. The van der Waals surface area contributed by atoms with E-state index in [0.717, 1.165) is 21.9 Å². The van der Waals surface area contributed by atoms with Crippen molar-refractivity contribution >= 4 is 28.4 Å². The SMILES string of the molecule is Nc1ccc(CNC(=O)C(Cc2cccc3ccccc23)NC(=O)Cc2ccccc2F)cn1. The Hall–Kier alpha value is -4.26. The second-order valence-corrected chi connectivity index (χ2v) is 8.04. The minimum atomic E-state index is -0.841. The summed E-state index contributed by atoms with van der Waals surface area (Å²) >= 11 is 0. The monoisotopic (exact) mass is 456 g/mol. The summed E-state index contributed by atoms with van der Waals surface area (Å²) in [7, 11) is 0. The minimum absolute atomic E-state index is 0.159. The van der Waals surface area contributed by atoms with Crippen molar-refractivity contribution in [2.75, 3.05) is 5.73 Å². The number of fused-ring (bicyclic) bond motifs is 1. The molecule has 1 heterocycles. The van der Waals surface area contributed by atoms with Crippen LogP contribution in [0.25, 0.3) is 10.8 Å². The highest BCUT2D eigenvalue weighted by Gasteiger charge is 2.22. The summed E-state index contributed by atoms with van der Waals surface area (Å²) in [6.45, 7) is 0.237. The van der Waals surface area contributed by atoms with Crippen LogP contribution in [-0.2, 0) is 29.0 Å². The van der Waals surface area contributed by atoms with Gasteiger partial charge in [-0.05, 0) is 39.6 Å². The number of nitrogens with two attached hydrogens (primary N) is 1. The lowest BCUT2D eigenvalue weighted by Gasteiger charge is -2.20. The van der Waals surface area contributed by atoms with Crippen LogP contribution >= 0.6 is 0 Å². The van der Waals surface area contributed by atoms with Crippen LogP contribution in [0.3, 0.4) is 0 Å². The van der Waals surface area contributed by atoms with Gasteiger partial charge in [0.2, 0.25) is 11.8 Å². The Morgan fingerprint density at radius 3 is 2.44 bits per heavy atom. The average molecular weight is 457 g/mol. The van der Waals surface area contributed by atoms with Crippen molar-refractivity contribution in [2.45, 2.75) is 25.4 Å². The molecule has 3 aromatic carbocycles. The van der Waals surface area contributed by atoms with Gasteiger partial charge in [-0.1, -0.05) is 66.7 Å². The normalized spacial score (nSPS) is 11.7. The van der Waals surface area contributed by atoms with Crippen LogP contribution in [0.4, 0.5) is 10.2 Å². The first-order valence-corrected chi connectivity index (χ1v) is 11.0. The Labute approximate surface area is 197 Å². The molecule has 7 heteroatoms. The summed E-state index contributed by atoms with van der Waals surface area (Å²) in [6.07, 6.45) is 1.72. The highest BCUT2D eigenvalue weighted by molar-refractivity contribution is 5.90. The van der Waals surface area contributed by atoms with E-state index in [4.69, 9.17) is 5.73 Å². The summed E-state index contributed by atoms with van der Waals surface area (Å²) in [5.74, 6) is -0.834. The summed E-state index contributed by atoms with van der Waals surface area (Å²) in [5, 5.41) is 7.71. The molecular weight excluding hydrogens is 431 g/mol. The van der Waals surface area contributed by atoms with Gasteiger partial charge in [-0.15, -0.1) is 0 Å². The molecule has 2 amide bonds. The van der Waals surface area contributed by atoms with Crippen molar-refractivity contribution < 1.29 is 14.0 Å². The molecule has 4 aromatic rings. The molecule has 0 saturated carbocycles. The maximum atomic E-state index is 14.0. The highest BCUT2D eigenvalue weighted by atomic mass is 19.1. The maximum absolute atomic E-state index is 14.0. The second-order valence-electron chi connectivity index (χ2n) is 8.04. The van der Waals surface area contributed by atoms with E-state index in [1.807, 2.05) is 42.5 Å². The molecule has 6 nitrogen and oxygen atoms in total. The number of nitrogen functional groups attached to an aromatic ring is 1. The molecule has 0 bridgehead atoms. The molecule has 0 aliphatic carbocycles. The Morgan fingerprint density at radius 1 is 0.912 bits per heavy atom. The number of carbonyl (C=O) groups is 2. The fourth-order valence-electron chi connectivity index (χ4n) is 3.81. The van der Waals surface area contributed by atoms with Gasteiger partial charge >= 0.3 is 0 Å². The lowest BCUT2D eigenvalue weighted by molar-refractivity contribution is -0.128. The largest absolute Gasteiger partial charge is 0.384 e. The lowest BCUT2D eigenvalue weighted by atomic mass is 9.98. The van der Waals surface area contributed by atoms with Crippen LogP contribution in [0, 0.1) is 5.82 Å². The van der Waals surface area contributed by atoms with E-state index in [0.29, 0.717) is 5.82 Å². The Bertz CT molecular complexity index is 1300. The predicted octanol–water partition coefficient (Wildman–Crippen LogP) is 3.54. The number of pyridine rings is 1. The van der Waals surface area contributed by atoms with Crippen LogP contribution in [-0.4, -0.2) is 22.8 Å². The summed E-state index contributed by atoms with van der Waals surface area (Å²) in [6, 6.07) is 22.4. The molecule has 1 unspecified atom stereocenters. The van der Waals surface area contributed by atoms with Crippen LogP contribution in [0.1, 0.15) is 16.7 Å². The van der Waals surface area contributed by atoms with Gasteiger partial charge in [0.15, 0.2) is 0 Å². The Morgan fingerprint density at radius 2 is 1.65 bits per heavy atom. The molecule has 0 spiro atoms. The van der Waals surface area contributed by atoms with E-state index >= 15 is 0 Å². The first-order chi connectivity index (χ1) is 16.5. The molecule has 1 aromatic heterocycles. The fraction of sp³-hybridized carbons (Fsp3) is 0.148. The number of hydrogen-bond donors (Lipinski definition) is 3. The van der Waals surface area contributed by atoms with Gasteiger partial charge in [-0.3, -0.25) is 9.59 Å². The fourth-order valence-corrected chi connectivity index (χ4v) is 3.81.